The molecule has 1 N–H and O–H groups in total. The fourth-order valence-electron chi connectivity index (χ4n) is 2.63. The molecule has 1 amide bonds. The van der Waals surface area contributed by atoms with Crippen LogP contribution < -0.4 is 5.32 Å². The number of hydrogen-bond donors (Lipinski definition) is 1. The Balaban J connectivity index is 2.07. The van der Waals surface area contributed by atoms with Crippen LogP contribution in [0.15, 0.2) is 23.1 Å². The van der Waals surface area contributed by atoms with E-state index in [0.29, 0.717) is 12.5 Å². The van der Waals surface area contributed by atoms with Crippen molar-refractivity contribution in [1.29, 1.82) is 0 Å². The summed E-state index contributed by atoms with van der Waals surface area (Å²) in [6, 6.07) is 4.21. The van der Waals surface area contributed by atoms with Crippen molar-refractivity contribution in [3.8, 4) is 0 Å². The standard InChI is InChI=1S/C15H20ClNO3S/c1-21(19,20)12-7-8-14(16)13(9-12)15(18)17-10-11-5-3-2-4-6-11/h7-9,11H,2-6,10H2,1H3,(H,17,18). The Labute approximate surface area is 130 Å². The second-order valence-corrected chi connectivity index (χ2v) is 8.05. The van der Waals surface area contributed by atoms with Crippen LogP contribution in [0.4, 0.5) is 0 Å². The third-order valence-electron chi connectivity index (χ3n) is 3.89. The lowest BCUT2D eigenvalue weighted by molar-refractivity contribution is 0.0943. The highest BCUT2D eigenvalue weighted by Gasteiger charge is 2.18. The maximum Gasteiger partial charge on any atom is 0.252 e. The molecule has 0 spiro atoms. The number of nitrogens with one attached hydrogen (secondary N) is 1. The van der Waals surface area contributed by atoms with E-state index in [-0.39, 0.29) is 21.4 Å². The molecule has 1 aliphatic carbocycles. The smallest absolute Gasteiger partial charge is 0.252 e. The zero-order chi connectivity index (χ0) is 15.5. The molecular weight excluding hydrogens is 310 g/mol. The summed E-state index contributed by atoms with van der Waals surface area (Å²) < 4.78 is 23.1. The molecule has 4 nitrogen and oxygen atoms in total. The number of halogens is 1. The number of sulfone groups is 1. The normalized spacial score (nSPS) is 16.7. The van der Waals surface area contributed by atoms with Crippen LogP contribution in [0.2, 0.25) is 5.02 Å². The SMILES string of the molecule is CS(=O)(=O)c1ccc(Cl)c(C(=O)NCC2CCCCC2)c1. The molecule has 0 radical (unpaired) electrons. The molecule has 116 valence electrons. The van der Waals surface area contributed by atoms with Crippen LogP contribution in [0, 0.1) is 5.92 Å². The van der Waals surface area contributed by atoms with Gasteiger partial charge >= 0.3 is 0 Å². The second kappa shape index (κ2) is 6.79. The number of hydrogen-bond acceptors (Lipinski definition) is 3. The highest BCUT2D eigenvalue weighted by atomic mass is 35.5. The number of benzene rings is 1. The Hall–Kier alpha value is -1.07. The summed E-state index contributed by atoms with van der Waals surface area (Å²) in [5.41, 5.74) is 0.218. The van der Waals surface area contributed by atoms with Gasteiger partial charge in [-0.05, 0) is 37.0 Å². The minimum absolute atomic E-state index is 0.106. The topological polar surface area (TPSA) is 63.2 Å². The molecule has 6 heteroatoms. The van der Waals surface area contributed by atoms with E-state index in [9.17, 15) is 13.2 Å². The van der Waals surface area contributed by atoms with E-state index >= 15 is 0 Å². The summed E-state index contributed by atoms with van der Waals surface area (Å²) in [7, 11) is -3.35. The summed E-state index contributed by atoms with van der Waals surface area (Å²) in [5, 5.41) is 3.14. The maximum atomic E-state index is 12.2. The van der Waals surface area contributed by atoms with Gasteiger partial charge in [0.25, 0.3) is 5.91 Å². The lowest BCUT2D eigenvalue weighted by atomic mass is 9.89. The first-order chi connectivity index (χ1) is 9.88. The number of carbonyl (C=O) groups excluding carboxylic acids is 1. The Morgan fingerprint density at radius 1 is 1.29 bits per heavy atom. The van der Waals surface area contributed by atoms with Crippen LogP contribution in [-0.2, 0) is 9.84 Å². The van der Waals surface area contributed by atoms with Gasteiger partial charge in [0, 0.05) is 12.8 Å². The fourth-order valence-corrected chi connectivity index (χ4v) is 3.48. The summed E-state index contributed by atoms with van der Waals surface area (Å²) in [4.78, 5) is 12.3. The first-order valence-electron chi connectivity index (χ1n) is 7.16. The van der Waals surface area contributed by atoms with Crippen molar-refractivity contribution >= 4 is 27.3 Å². The molecule has 1 saturated carbocycles. The minimum atomic E-state index is -3.35. The fraction of sp³-hybridized carbons (Fsp3) is 0.533. The van der Waals surface area contributed by atoms with Gasteiger partial charge in [-0.25, -0.2) is 8.42 Å². The van der Waals surface area contributed by atoms with E-state index in [2.05, 4.69) is 5.32 Å². The maximum absolute atomic E-state index is 12.2. The van der Waals surface area contributed by atoms with Crippen molar-refractivity contribution in [3.05, 3.63) is 28.8 Å². The van der Waals surface area contributed by atoms with Gasteiger partial charge < -0.3 is 5.32 Å². The van der Waals surface area contributed by atoms with E-state index in [4.69, 9.17) is 11.6 Å². The van der Waals surface area contributed by atoms with Crippen molar-refractivity contribution in [2.75, 3.05) is 12.8 Å². The van der Waals surface area contributed by atoms with Crippen molar-refractivity contribution < 1.29 is 13.2 Å². The highest BCUT2D eigenvalue weighted by Crippen LogP contribution is 2.24. The molecule has 0 saturated heterocycles. The third-order valence-corrected chi connectivity index (χ3v) is 5.33. The highest BCUT2D eigenvalue weighted by molar-refractivity contribution is 7.90. The van der Waals surface area contributed by atoms with Crippen LogP contribution in [0.5, 0.6) is 0 Å². The van der Waals surface area contributed by atoms with Crippen LogP contribution in [0.25, 0.3) is 0 Å². The molecule has 0 aromatic heterocycles. The third kappa shape index (κ3) is 4.45. The summed E-state index contributed by atoms with van der Waals surface area (Å²) in [6.07, 6.45) is 7.08. The molecule has 1 aromatic carbocycles. The van der Waals surface area contributed by atoms with E-state index in [0.717, 1.165) is 19.1 Å². The van der Waals surface area contributed by atoms with Crippen LogP contribution in [0.1, 0.15) is 42.5 Å². The van der Waals surface area contributed by atoms with E-state index < -0.39 is 9.84 Å². The molecule has 21 heavy (non-hydrogen) atoms. The molecule has 1 fully saturated rings. The Morgan fingerprint density at radius 3 is 2.57 bits per heavy atom. The molecule has 1 aromatic rings. The Kier molecular flexibility index (Phi) is 5.27. The van der Waals surface area contributed by atoms with Gasteiger partial charge in [-0.1, -0.05) is 30.9 Å². The van der Waals surface area contributed by atoms with E-state index in [1.165, 1.54) is 37.5 Å². The Bertz CT molecular complexity index is 622. The van der Waals surface area contributed by atoms with Gasteiger partial charge in [-0.2, -0.15) is 0 Å². The van der Waals surface area contributed by atoms with Crippen LogP contribution >= 0.6 is 11.6 Å². The monoisotopic (exact) mass is 329 g/mol. The van der Waals surface area contributed by atoms with Gasteiger partial charge in [0.2, 0.25) is 0 Å². The average Bonchev–Trinajstić information content (AvgIpc) is 2.45. The van der Waals surface area contributed by atoms with Gasteiger partial charge in [0.05, 0.1) is 15.5 Å². The quantitative estimate of drug-likeness (QED) is 0.923. The van der Waals surface area contributed by atoms with Crippen LogP contribution in [-0.4, -0.2) is 27.1 Å². The van der Waals surface area contributed by atoms with Gasteiger partial charge in [0.15, 0.2) is 9.84 Å². The molecule has 1 aliphatic rings. The molecular formula is C15H20ClNO3S. The lowest BCUT2D eigenvalue weighted by Gasteiger charge is -2.21. The van der Waals surface area contributed by atoms with Crippen molar-refractivity contribution in [2.45, 2.75) is 37.0 Å². The minimum Gasteiger partial charge on any atom is -0.352 e. The molecule has 0 unspecified atom stereocenters. The molecule has 0 aliphatic heterocycles. The van der Waals surface area contributed by atoms with Gasteiger partial charge in [-0.3, -0.25) is 4.79 Å². The average molecular weight is 330 g/mol. The van der Waals surface area contributed by atoms with Crippen molar-refractivity contribution in [1.82, 2.24) is 5.32 Å². The summed E-state index contributed by atoms with van der Waals surface area (Å²) in [6.45, 7) is 0.623. The van der Waals surface area contributed by atoms with E-state index in [1.807, 2.05) is 0 Å². The number of carbonyl (C=O) groups is 1. The molecule has 2 rings (SSSR count). The van der Waals surface area contributed by atoms with Gasteiger partial charge in [0.1, 0.15) is 0 Å². The lowest BCUT2D eigenvalue weighted by Crippen LogP contribution is -2.30. The molecule has 0 atom stereocenters. The molecule has 0 bridgehead atoms. The Morgan fingerprint density at radius 2 is 1.95 bits per heavy atom. The second-order valence-electron chi connectivity index (χ2n) is 5.63. The van der Waals surface area contributed by atoms with E-state index in [1.54, 1.807) is 0 Å². The van der Waals surface area contributed by atoms with Gasteiger partial charge in [-0.15, -0.1) is 0 Å². The largest absolute Gasteiger partial charge is 0.352 e. The van der Waals surface area contributed by atoms with Crippen molar-refractivity contribution in [3.63, 3.8) is 0 Å². The van der Waals surface area contributed by atoms with Crippen LogP contribution in [0.3, 0.4) is 0 Å². The van der Waals surface area contributed by atoms with Crippen molar-refractivity contribution in [2.24, 2.45) is 5.92 Å². The predicted octanol–water partition coefficient (Wildman–Crippen LogP) is 3.05. The first-order valence-corrected chi connectivity index (χ1v) is 9.42. The summed E-state index contributed by atoms with van der Waals surface area (Å²) in [5.74, 6) is 0.204. The predicted molar refractivity (Wildman–Crippen MR) is 83.5 cm³/mol. The first kappa shape index (κ1) is 16.3. The number of rotatable bonds is 4. The summed E-state index contributed by atoms with van der Waals surface area (Å²) >= 11 is 6.01. The zero-order valence-electron chi connectivity index (χ0n) is 12.1. The molecule has 0 heterocycles. The number of amides is 1. The zero-order valence-corrected chi connectivity index (χ0v) is 13.6.